The number of pyridine rings is 1. The average molecular weight is 408 g/mol. The van der Waals surface area contributed by atoms with Gasteiger partial charge >= 0.3 is 6.61 Å². The second-order valence-electron chi connectivity index (χ2n) is 7.24. The molecule has 0 saturated carbocycles. The fraction of sp³-hybridized carbons (Fsp3) is 0.476. The molecule has 2 aromatic rings. The maximum absolute atomic E-state index is 12.5. The number of benzene rings is 1. The summed E-state index contributed by atoms with van der Waals surface area (Å²) in [6.45, 7) is 5.04. The quantitative estimate of drug-likeness (QED) is 0.606. The number of nitrogens with zero attached hydrogens (tertiary/aromatic N) is 3. The molecule has 4 nitrogen and oxygen atoms in total. The minimum absolute atomic E-state index is 0.0306. The first kappa shape index (κ1) is 21.0. The van der Waals surface area contributed by atoms with Gasteiger partial charge in [-0.3, -0.25) is 4.90 Å². The van der Waals surface area contributed by atoms with Gasteiger partial charge in [0.25, 0.3) is 0 Å². The lowest BCUT2D eigenvalue weighted by atomic mass is 9.91. The average Bonchev–Trinajstić information content (AvgIpc) is 2.67. The Kier molecular flexibility index (Phi) is 7.26. The summed E-state index contributed by atoms with van der Waals surface area (Å²) in [7, 11) is 0. The number of ether oxygens (including phenoxy) is 1. The smallest absolute Gasteiger partial charge is 0.388 e. The molecule has 0 amide bonds. The molecule has 28 heavy (non-hydrogen) atoms. The number of aromatic nitrogens is 1. The lowest BCUT2D eigenvalue weighted by molar-refractivity contribution is -0.0529. The standard InChI is InChI=1S/C21H27F2N3OS/c1-15(2)17-6-4-5-7-18(17)19-14-25(10-11-26(19)28-3)13-16-8-9-24-20(12-16)27-21(22)23/h4-9,12,15,19,21H,10-11,13-14H2,1-3H3. The number of hydrogen-bond donors (Lipinski definition) is 0. The van der Waals surface area contributed by atoms with Crippen molar-refractivity contribution in [1.82, 2.24) is 14.2 Å². The van der Waals surface area contributed by atoms with Crippen molar-refractivity contribution in [3.63, 3.8) is 0 Å². The molecule has 152 valence electrons. The minimum atomic E-state index is -2.86. The van der Waals surface area contributed by atoms with Crippen LogP contribution < -0.4 is 4.74 Å². The molecule has 1 unspecified atom stereocenters. The van der Waals surface area contributed by atoms with E-state index in [1.165, 1.54) is 17.3 Å². The van der Waals surface area contributed by atoms with E-state index in [2.05, 4.69) is 63.3 Å². The third-order valence-corrected chi connectivity index (χ3v) is 5.95. The number of hydrogen-bond acceptors (Lipinski definition) is 5. The molecule has 1 atom stereocenters. The predicted molar refractivity (Wildman–Crippen MR) is 110 cm³/mol. The molecule has 1 aliphatic heterocycles. The molecule has 0 N–H and O–H groups in total. The van der Waals surface area contributed by atoms with Crippen LogP contribution in [-0.4, -0.2) is 46.7 Å². The van der Waals surface area contributed by atoms with Crippen LogP contribution in [0.15, 0.2) is 42.6 Å². The molecule has 3 rings (SSSR count). The van der Waals surface area contributed by atoms with Crippen molar-refractivity contribution in [2.45, 2.75) is 39.0 Å². The van der Waals surface area contributed by atoms with Gasteiger partial charge in [0.2, 0.25) is 5.88 Å². The van der Waals surface area contributed by atoms with Gasteiger partial charge in [0.1, 0.15) is 0 Å². The summed E-state index contributed by atoms with van der Waals surface area (Å²) in [5.74, 6) is 0.432. The third-order valence-electron chi connectivity index (χ3n) is 5.04. The Bertz CT molecular complexity index is 775. The maximum atomic E-state index is 12.5. The molecule has 1 aliphatic rings. The van der Waals surface area contributed by atoms with E-state index in [4.69, 9.17) is 0 Å². The number of rotatable bonds is 7. The summed E-state index contributed by atoms with van der Waals surface area (Å²) < 4.78 is 31.8. The Morgan fingerprint density at radius 1 is 1.21 bits per heavy atom. The van der Waals surface area contributed by atoms with Gasteiger partial charge in [-0.1, -0.05) is 50.1 Å². The Balaban J connectivity index is 1.77. The highest BCUT2D eigenvalue weighted by molar-refractivity contribution is 7.96. The fourth-order valence-corrected chi connectivity index (χ4v) is 4.44. The van der Waals surface area contributed by atoms with Crippen molar-refractivity contribution in [2.24, 2.45) is 0 Å². The van der Waals surface area contributed by atoms with Crippen LogP contribution in [0.1, 0.15) is 42.5 Å². The SMILES string of the molecule is CSN1CCN(Cc2ccnc(OC(F)F)c2)CC1c1ccccc1C(C)C. The van der Waals surface area contributed by atoms with Crippen molar-refractivity contribution in [2.75, 3.05) is 25.9 Å². The monoisotopic (exact) mass is 407 g/mol. The Hall–Kier alpha value is -1.70. The zero-order chi connectivity index (χ0) is 20.1. The van der Waals surface area contributed by atoms with Crippen molar-refractivity contribution in [3.8, 4) is 5.88 Å². The summed E-state index contributed by atoms with van der Waals surface area (Å²) >= 11 is 1.78. The molecule has 1 aromatic heterocycles. The van der Waals surface area contributed by atoms with E-state index in [0.717, 1.165) is 25.2 Å². The maximum Gasteiger partial charge on any atom is 0.388 e. The molecule has 7 heteroatoms. The summed E-state index contributed by atoms with van der Waals surface area (Å²) in [6, 6.07) is 12.4. The van der Waals surface area contributed by atoms with Crippen LogP contribution >= 0.6 is 11.9 Å². The molecule has 0 radical (unpaired) electrons. The second kappa shape index (κ2) is 9.67. The number of piperazine rings is 1. The van der Waals surface area contributed by atoms with Gasteiger partial charge in [0.15, 0.2) is 0 Å². The largest absolute Gasteiger partial charge is 0.417 e. The van der Waals surface area contributed by atoms with Gasteiger partial charge in [0.05, 0.1) is 6.04 Å². The van der Waals surface area contributed by atoms with Crippen LogP contribution in [0.2, 0.25) is 0 Å². The first-order chi connectivity index (χ1) is 13.5. The zero-order valence-electron chi connectivity index (χ0n) is 16.5. The summed E-state index contributed by atoms with van der Waals surface area (Å²) in [5.41, 5.74) is 3.68. The number of halogens is 2. The highest BCUT2D eigenvalue weighted by atomic mass is 32.2. The van der Waals surface area contributed by atoms with Crippen LogP contribution in [0.3, 0.4) is 0 Å². The van der Waals surface area contributed by atoms with Crippen molar-refractivity contribution in [3.05, 3.63) is 59.3 Å². The molecule has 0 aliphatic carbocycles. The fourth-order valence-electron chi connectivity index (χ4n) is 3.74. The summed E-state index contributed by atoms with van der Waals surface area (Å²) in [4.78, 5) is 6.23. The van der Waals surface area contributed by atoms with Gasteiger partial charge in [-0.05, 0) is 34.9 Å². The van der Waals surface area contributed by atoms with Crippen LogP contribution in [0.25, 0.3) is 0 Å². The van der Waals surface area contributed by atoms with E-state index >= 15 is 0 Å². The molecular weight excluding hydrogens is 380 g/mol. The molecule has 1 fully saturated rings. The third kappa shape index (κ3) is 5.21. The van der Waals surface area contributed by atoms with Crippen LogP contribution in [-0.2, 0) is 6.54 Å². The molecule has 2 heterocycles. The zero-order valence-corrected chi connectivity index (χ0v) is 17.3. The van der Waals surface area contributed by atoms with Crippen molar-refractivity contribution < 1.29 is 13.5 Å². The summed E-state index contributed by atoms with van der Waals surface area (Å²) in [5, 5.41) is 0. The van der Waals surface area contributed by atoms with E-state index in [9.17, 15) is 8.78 Å². The first-order valence-electron chi connectivity index (χ1n) is 9.49. The van der Waals surface area contributed by atoms with E-state index in [0.29, 0.717) is 18.5 Å². The van der Waals surface area contributed by atoms with E-state index in [-0.39, 0.29) is 5.88 Å². The van der Waals surface area contributed by atoms with E-state index in [1.54, 1.807) is 18.0 Å². The lowest BCUT2D eigenvalue weighted by Crippen LogP contribution is -2.45. The van der Waals surface area contributed by atoms with Gasteiger partial charge in [-0.2, -0.15) is 8.78 Å². The van der Waals surface area contributed by atoms with Gasteiger partial charge in [0, 0.05) is 38.4 Å². The van der Waals surface area contributed by atoms with Gasteiger partial charge < -0.3 is 4.74 Å². The lowest BCUT2D eigenvalue weighted by Gasteiger charge is -2.41. The number of alkyl halides is 2. The van der Waals surface area contributed by atoms with Crippen molar-refractivity contribution in [1.29, 1.82) is 0 Å². The van der Waals surface area contributed by atoms with Gasteiger partial charge in [-0.15, -0.1) is 0 Å². The molecular formula is C21H27F2N3OS. The predicted octanol–water partition coefficient (Wildman–Crippen LogP) is 4.94. The normalized spacial score (nSPS) is 18.8. The summed E-state index contributed by atoms with van der Waals surface area (Å²) in [6.07, 6.45) is 3.65. The Labute approximate surface area is 170 Å². The van der Waals surface area contributed by atoms with Gasteiger partial charge in [-0.25, -0.2) is 9.29 Å². The highest BCUT2D eigenvalue weighted by Gasteiger charge is 2.29. The van der Waals surface area contributed by atoms with Crippen LogP contribution in [0.5, 0.6) is 5.88 Å². The molecule has 1 aromatic carbocycles. The highest BCUT2D eigenvalue weighted by Crippen LogP contribution is 2.35. The van der Waals surface area contributed by atoms with Crippen LogP contribution in [0, 0.1) is 0 Å². The molecule has 0 spiro atoms. The van der Waals surface area contributed by atoms with Crippen molar-refractivity contribution >= 4 is 11.9 Å². The molecule has 0 bridgehead atoms. The molecule has 1 saturated heterocycles. The first-order valence-corrected chi connectivity index (χ1v) is 10.7. The Morgan fingerprint density at radius 3 is 2.71 bits per heavy atom. The van der Waals surface area contributed by atoms with E-state index < -0.39 is 6.61 Å². The Morgan fingerprint density at radius 2 is 2.00 bits per heavy atom. The van der Waals surface area contributed by atoms with E-state index in [1.807, 2.05) is 6.07 Å². The minimum Gasteiger partial charge on any atom is -0.417 e. The van der Waals surface area contributed by atoms with Crippen LogP contribution in [0.4, 0.5) is 8.78 Å². The topological polar surface area (TPSA) is 28.6 Å². The second-order valence-corrected chi connectivity index (χ2v) is 8.07.